The Morgan fingerprint density at radius 1 is 1.22 bits per heavy atom. The van der Waals surface area contributed by atoms with Gasteiger partial charge in [-0.2, -0.15) is 4.98 Å². The SMILES string of the molecule is CC1CNCCN1c1nc(N2CC(C(=O)N(C)C(C)(C)c3cnc4ccccn34)C2)c2sccc2n1. The van der Waals surface area contributed by atoms with E-state index in [-0.39, 0.29) is 11.8 Å². The van der Waals surface area contributed by atoms with Crippen molar-refractivity contribution in [2.45, 2.75) is 32.4 Å². The summed E-state index contributed by atoms with van der Waals surface area (Å²) in [6.07, 6.45) is 3.88. The predicted octanol–water partition coefficient (Wildman–Crippen LogP) is 2.97. The molecular formula is C26H32N8OS. The van der Waals surface area contributed by atoms with Crippen molar-refractivity contribution in [3.63, 3.8) is 0 Å². The number of piperazine rings is 1. The summed E-state index contributed by atoms with van der Waals surface area (Å²) in [6, 6.07) is 8.35. The highest BCUT2D eigenvalue weighted by Crippen LogP contribution is 2.36. The average molecular weight is 505 g/mol. The van der Waals surface area contributed by atoms with Crippen LogP contribution >= 0.6 is 11.3 Å². The number of rotatable bonds is 5. The molecule has 10 heteroatoms. The van der Waals surface area contributed by atoms with E-state index in [0.29, 0.717) is 19.1 Å². The maximum absolute atomic E-state index is 13.6. The molecule has 1 unspecified atom stereocenters. The van der Waals surface area contributed by atoms with Gasteiger partial charge in [0.25, 0.3) is 0 Å². The number of thiophene rings is 1. The number of nitrogens with one attached hydrogen (secondary N) is 1. The van der Waals surface area contributed by atoms with Gasteiger partial charge in [-0.05, 0) is 44.4 Å². The lowest BCUT2D eigenvalue weighted by atomic mass is 9.93. The van der Waals surface area contributed by atoms with Crippen molar-refractivity contribution in [2.75, 3.05) is 49.6 Å². The molecule has 2 aliphatic rings. The number of fused-ring (bicyclic) bond motifs is 2. The number of imidazole rings is 1. The second-order valence-electron chi connectivity index (χ2n) is 10.4. The van der Waals surface area contributed by atoms with Crippen LogP contribution in [0.2, 0.25) is 0 Å². The molecule has 0 radical (unpaired) electrons. The highest BCUT2D eigenvalue weighted by atomic mass is 32.1. The van der Waals surface area contributed by atoms with Crippen molar-refractivity contribution in [3.05, 3.63) is 47.7 Å². The number of nitrogens with zero attached hydrogens (tertiary/aromatic N) is 7. The van der Waals surface area contributed by atoms with E-state index in [1.807, 2.05) is 42.5 Å². The second kappa shape index (κ2) is 8.70. The first-order valence-corrected chi connectivity index (χ1v) is 13.4. The minimum Gasteiger partial charge on any atom is -0.354 e. The van der Waals surface area contributed by atoms with Crippen LogP contribution in [0.25, 0.3) is 15.9 Å². The third kappa shape index (κ3) is 3.70. The number of anilines is 2. The Morgan fingerprint density at radius 2 is 2.06 bits per heavy atom. The van der Waals surface area contributed by atoms with E-state index in [0.717, 1.165) is 53.0 Å². The molecule has 36 heavy (non-hydrogen) atoms. The van der Waals surface area contributed by atoms with E-state index in [2.05, 4.69) is 56.7 Å². The molecule has 0 saturated carbocycles. The molecule has 6 rings (SSSR count). The van der Waals surface area contributed by atoms with Gasteiger partial charge in [-0.25, -0.2) is 9.97 Å². The Bertz CT molecular complexity index is 1420. The molecule has 0 spiro atoms. The molecule has 188 valence electrons. The van der Waals surface area contributed by atoms with Crippen LogP contribution < -0.4 is 15.1 Å². The van der Waals surface area contributed by atoms with Crippen molar-refractivity contribution in [1.29, 1.82) is 0 Å². The monoisotopic (exact) mass is 504 g/mol. The summed E-state index contributed by atoms with van der Waals surface area (Å²) < 4.78 is 3.15. The van der Waals surface area contributed by atoms with Crippen molar-refractivity contribution in [3.8, 4) is 0 Å². The molecule has 0 aliphatic carbocycles. The van der Waals surface area contributed by atoms with Crippen molar-refractivity contribution >= 4 is 44.9 Å². The Hall–Kier alpha value is -3.24. The molecule has 0 bridgehead atoms. The van der Waals surface area contributed by atoms with Gasteiger partial charge in [-0.1, -0.05) is 6.07 Å². The van der Waals surface area contributed by atoms with Crippen LogP contribution in [-0.4, -0.2) is 76.0 Å². The molecule has 2 aliphatic heterocycles. The number of carbonyl (C=O) groups is 1. The number of carbonyl (C=O) groups excluding carboxylic acids is 1. The summed E-state index contributed by atoms with van der Waals surface area (Å²) in [5.41, 5.74) is 2.36. The Morgan fingerprint density at radius 3 is 2.86 bits per heavy atom. The van der Waals surface area contributed by atoms with Crippen LogP contribution in [0.3, 0.4) is 0 Å². The topological polar surface area (TPSA) is 81.9 Å². The Kier molecular flexibility index (Phi) is 5.60. The van der Waals surface area contributed by atoms with E-state index in [4.69, 9.17) is 9.97 Å². The third-order valence-corrected chi connectivity index (χ3v) is 8.67. The van der Waals surface area contributed by atoms with Gasteiger partial charge in [0.2, 0.25) is 11.9 Å². The van der Waals surface area contributed by atoms with E-state index in [9.17, 15) is 4.79 Å². The summed E-state index contributed by atoms with van der Waals surface area (Å²) >= 11 is 1.66. The van der Waals surface area contributed by atoms with Gasteiger partial charge in [0.1, 0.15) is 5.65 Å². The molecule has 1 amide bonds. The Labute approximate surface area is 214 Å². The molecule has 1 atom stereocenters. The average Bonchev–Trinajstić information content (AvgIpc) is 3.50. The summed E-state index contributed by atoms with van der Waals surface area (Å²) in [7, 11) is 1.90. The molecule has 4 aromatic rings. The fraction of sp³-hybridized carbons (Fsp3) is 0.462. The largest absolute Gasteiger partial charge is 0.354 e. The Balaban J connectivity index is 1.21. The molecule has 0 aromatic carbocycles. The van der Waals surface area contributed by atoms with E-state index >= 15 is 0 Å². The third-order valence-electron chi connectivity index (χ3n) is 7.78. The summed E-state index contributed by atoms with van der Waals surface area (Å²) in [5.74, 6) is 1.81. The van der Waals surface area contributed by atoms with Crippen LogP contribution in [0, 0.1) is 5.92 Å². The van der Waals surface area contributed by atoms with Gasteiger partial charge < -0.3 is 24.4 Å². The minimum atomic E-state index is -0.500. The number of aromatic nitrogens is 4. The molecule has 2 saturated heterocycles. The zero-order valence-electron chi connectivity index (χ0n) is 21.2. The lowest BCUT2D eigenvalue weighted by Crippen LogP contribution is -2.57. The van der Waals surface area contributed by atoms with Gasteiger partial charge in [0, 0.05) is 52.0 Å². The zero-order valence-corrected chi connectivity index (χ0v) is 22.0. The van der Waals surface area contributed by atoms with Crippen LogP contribution in [0.15, 0.2) is 42.0 Å². The van der Waals surface area contributed by atoms with Gasteiger partial charge in [-0.15, -0.1) is 11.3 Å². The van der Waals surface area contributed by atoms with Crippen molar-refractivity contribution < 1.29 is 4.79 Å². The first-order chi connectivity index (χ1) is 17.3. The van der Waals surface area contributed by atoms with Crippen LogP contribution in [0.4, 0.5) is 11.8 Å². The predicted molar refractivity (Wildman–Crippen MR) is 144 cm³/mol. The quantitative estimate of drug-likeness (QED) is 0.448. The van der Waals surface area contributed by atoms with E-state index in [1.165, 1.54) is 0 Å². The number of hydrogen-bond acceptors (Lipinski definition) is 8. The summed E-state index contributed by atoms with van der Waals surface area (Å²) in [5, 5.41) is 5.51. The van der Waals surface area contributed by atoms with Crippen molar-refractivity contribution in [2.24, 2.45) is 5.92 Å². The molecule has 2 fully saturated rings. The van der Waals surface area contributed by atoms with Gasteiger partial charge in [0.05, 0.1) is 33.6 Å². The fourth-order valence-corrected chi connectivity index (χ4v) is 6.08. The minimum absolute atomic E-state index is 0.0694. The van der Waals surface area contributed by atoms with Crippen LogP contribution in [-0.2, 0) is 10.3 Å². The lowest BCUT2D eigenvalue weighted by molar-refractivity contribution is -0.140. The molecule has 4 aromatic heterocycles. The fourth-order valence-electron chi connectivity index (χ4n) is 5.23. The number of hydrogen-bond donors (Lipinski definition) is 1. The van der Waals surface area contributed by atoms with E-state index < -0.39 is 5.54 Å². The maximum Gasteiger partial charge on any atom is 0.229 e. The first kappa shape index (κ1) is 23.2. The smallest absolute Gasteiger partial charge is 0.229 e. The van der Waals surface area contributed by atoms with Crippen LogP contribution in [0.1, 0.15) is 26.5 Å². The highest BCUT2D eigenvalue weighted by molar-refractivity contribution is 7.17. The lowest BCUT2D eigenvalue weighted by Gasteiger charge is -2.44. The van der Waals surface area contributed by atoms with Gasteiger partial charge >= 0.3 is 0 Å². The standard InChI is InChI=1S/C26H32N8OS/c1-17-13-27-9-11-33(17)25-29-19-8-12-36-22(19)23(30-25)32-15-18(16-32)24(35)31(4)26(2,3)20-14-28-21-7-5-6-10-34(20)21/h5-8,10,12,14,17-18,27H,9,11,13,15-16H2,1-4H3. The van der Waals surface area contributed by atoms with Crippen LogP contribution in [0.5, 0.6) is 0 Å². The van der Waals surface area contributed by atoms with E-state index in [1.54, 1.807) is 11.3 Å². The number of amides is 1. The normalized spacial score (nSPS) is 19.2. The molecular weight excluding hydrogens is 472 g/mol. The molecule has 1 N–H and O–H groups in total. The van der Waals surface area contributed by atoms with Crippen molar-refractivity contribution in [1.82, 2.24) is 29.6 Å². The van der Waals surface area contributed by atoms with Gasteiger partial charge in [0.15, 0.2) is 5.82 Å². The highest BCUT2D eigenvalue weighted by Gasteiger charge is 2.41. The first-order valence-electron chi connectivity index (χ1n) is 12.5. The zero-order chi connectivity index (χ0) is 25.0. The van der Waals surface area contributed by atoms with Gasteiger partial charge in [-0.3, -0.25) is 4.79 Å². The summed E-state index contributed by atoms with van der Waals surface area (Å²) in [6.45, 7) is 10.4. The maximum atomic E-state index is 13.6. The number of pyridine rings is 1. The molecule has 6 heterocycles. The summed E-state index contributed by atoms with van der Waals surface area (Å²) in [4.78, 5) is 34.4. The second-order valence-corrected chi connectivity index (χ2v) is 11.3. The molecule has 9 nitrogen and oxygen atoms in total.